The highest BCUT2D eigenvalue weighted by molar-refractivity contribution is 6.07. The van der Waals surface area contributed by atoms with Crippen molar-refractivity contribution in [3.8, 4) is 17.7 Å². The van der Waals surface area contributed by atoms with Crippen LogP contribution in [-0.4, -0.2) is 29.0 Å². The minimum atomic E-state index is -0.496. The molecule has 0 spiro atoms. The molecule has 3 aromatic rings. The third-order valence-corrected chi connectivity index (χ3v) is 4.61. The second kappa shape index (κ2) is 8.49. The molecule has 152 valence electrons. The number of carbonyl (C=O) groups is 2. The van der Waals surface area contributed by atoms with Gasteiger partial charge in [-0.2, -0.15) is 5.26 Å². The van der Waals surface area contributed by atoms with Crippen LogP contribution < -0.4 is 10.1 Å². The average molecular weight is 404 g/mol. The Hall–Kier alpha value is -4.12. The van der Waals surface area contributed by atoms with Crippen LogP contribution in [0.5, 0.6) is 11.6 Å². The van der Waals surface area contributed by atoms with E-state index in [9.17, 15) is 9.59 Å². The molecule has 8 heteroatoms. The smallest absolute Gasteiger partial charge is 0.339 e. The van der Waals surface area contributed by atoms with Crippen LogP contribution in [0.1, 0.15) is 43.2 Å². The van der Waals surface area contributed by atoms with Gasteiger partial charge in [-0.05, 0) is 62.2 Å². The third-order valence-electron chi connectivity index (χ3n) is 4.61. The summed E-state index contributed by atoms with van der Waals surface area (Å²) >= 11 is 0. The number of amides is 1. The molecule has 0 unspecified atom stereocenters. The zero-order valence-electron chi connectivity index (χ0n) is 17.0. The number of aromatic amines is 1. The third kappa shape index (κ3) is 4.00. The number of hydrogen-bond acceptors (Lipinski definition) is 6. The molecule has 1 amide bonds. The first kappa shape index (κ1) is 20.6. The van der Waals surface area contributed by atoms with Crippen molar-refractivity contribution in [2.75, 3.05) is 12.4 Å². The first-order valence-electron chi connectivity index (χ1n) is 9.08. The Morgan fingerprint density at radius 2 is 1.97 bits per heavy atom. The van der Waals surface area contributed by atoms with Crippen molar-refractivity contribution in [2.45, 2.75) is 20.8 Å². The summed E-state index contributed by atoms with van der Waals surface area (Å²) in [6, 6.07) is 10.4. The Morgan fingerprint density at radius 1 is 1.20 bits per heavy atom. The van der Waals surface area contributed by atoms with Gasteiger partial charge in [0.2, 0.25) is 5.88 Å². The maximum absolute atomic E-state index is 12.8. The Balaban J connectivity index is 1.81. The van der Waals surface area contributed by atoms with Gasteiger partial charge in [-0.15, -0.1) is 0 Å². The van der Waals surface area contributed by atoms with E-state index in [2.05, 4.69) is 15.3 Å². The Kier molecular flexibility index (Phi) is 5.83. The maximum atomic E-state index is 12.8. The zero-order valence-corrected chi connectivity index (χ0v) is 17.0. The highest BCUT2D eigenvalue weighted by Crippen LogP contribution is 2.27. The minimum absolute atomic E-state index is 0.212. The normalized spacial score (nSPS) is 10.2. The van der Waals surface area contributed by atoms with Crippen LogP contribution in [0.3, 0.4) is 0 Å². The molecule has 0 atom stereocenters. The number of anilines is 1. The molecule has 0 fully saturated rings. The largest absolute Gasteiger partial charge is 0.465 e. The van der Waals surface area contributed by atoms with Gasteiger partial charge < -0.3 is 19.8 Å². The van der Waals surface area contributed by atoms with E-state index >= 15 is 0 Å². The van der Waals surface area contributed by atoms with Crippen LogP contribution >= 0.6 is 0 Å². The second-order valence-electron chi connectivity index (χ2n) is 6.62. The Morgan fingerprint density at radius 3 is 2.63 bits per heavy atom. The molecule has 30 heavy (non-hydrogen) atoms. The monoisotopic (exact) mass is 404 g/mol. The van der Waals surface area contributed by atoms with Gasteiger partial charge in [0.05, 0.1) is 12.7 Å². The van der Waals surface area contributed by atoms with E-state index in [0.717, 1.165) is 5.56 Å². The summed E-state index contributed by atoms with van der Waals surface area (Å²) in [5, 5.41) is 12.0. The number of pyridine rings is 1. The molecule has 0 saturated heterocycles. The number of carbonyl (C=O) groups excluding carboxylic acids is 2. The van der Waals surface area contributed by atoms with Gasteiger partial charge >= 0.3 is 5.97 Å². The lowest BCUT2D eigenvalue weighted by atomic mass is 10.1. The Labute approximate surface area is 173 Å². The van der Waals surface area contributed by atoms with E-state index in [1.807, 2.05) is 13.0 Å². The van der Waals surface area contributed by atoms with Gasteiger partial charge in [-0.25, -0.2) is 9.78 Å². The molecule has 2 aromatic heterocycles. The summed E-state index contributed by atoms with van der Waals surface area (Å²) in [6.07, 6.45) is 1.54. The number of nitrogens with zero attached hydrogens (tertiary/aromatic N) is 2. The highest BCUT2D eigenvalue weighted by Gasteiger charge is 2.22. The van der Waals surface area contributed by atoms with Crippen LogP contribution in [0.2, 0.25) is 0 Å². The molecule has 2 heterocycles. The average Bonchev–Trinajstić information content (AvgIpc) is 3.04. The molecule has 2 N–H and O–H groups in total. The summed E-state index contributed by atoms with van der Waals surface area (Å²) in [6.45, 7) is 5.22. The number of aryl methyl sites for hydroxylation is 2. The van der Waals surface area contributed by atoms with Gasteiger partial charge in [-0.3, -0.25) is 4.79 Å². The molecule has 0 saturated carbocycles. The lowest BCUT2D eigenvalue weighted by Crippen LogP contribution is -2.15. The van der Waals surface area contributed by atoms with Gasteiger partial charge in [0.1, 0.15) is 23.1 Å². The predicted molar refractivity (Wildman–Crippen MR) is 110 cm³/mol. The number of nitrogens with one attached hydrogen (secondary N) is 2. The van der Waals surface area contributed by atoms with E-state index in [4.69, 9.17) is 14.7 Å². The summed E-state index contributed by atoms with van der Waals surface area (Å²) in [5.74, 6) is -0.173. The lowest BCUT2D eigenvalue weighted by molar-refractivity contribution is 0.0599. The number of methoxy groups -OCH3 is 1. The van der Waals surface area contributed by atoms with Gasteiger partial charge in [0.15, 0.2) is 0 Å². The quantitative estimate of drug-likeness (QED) is 0.620. The van der Waals surface area contributed by atoms with Crippen LogP contribution in [0.25, 0.3) is 0 Å². The van der Waals surface area contributed by atoms with Crippen molar-refractivity contribution in [2.24, 2.45) is 0 Å². The number of benzene rings is 1. The first-order valence-corrected chi connectivity index (χ1v) is 9.08. The fourth-order valence-corrected chi connectivity index (χ4v) is 3.08. The molecule has 0 aliphatic rings. The number of aromatic nitrogens is 2. The molecule has 0 bridgehead atoms. The number of H-pyrrole nitrogens is 1. The molecule has 8 nitrogen and oxygen atoms in total. The lowest BCUT2D eigenvalue weighted by Gasteiger charge is -2.11. The fraction of sp³-hybridized carbons (Fsp3) is 0.182. The summed E-state index contributed by atoms with van der Waals surface area (Å²) in [7, 11) is 1.30. The van der Waals surface area contributed by atoms with Crippen LogP contribution in [-0.2, 0) is 4.74 Å². The molecule has 0 aliphatic carbocycles. The fourth-order valence-electron chi connectivity index (χ4n) is 3.08. The van der Waals surface area contributed by atoms with Crippen LogP contribution in [0.4, 0.5) is 5.69 Å². The summed E-state index contributed by atoms with van der Waals surface area (Å²) in [4.78, 5) is 31.7. The van der Waals surface area contributed by atoms with Crippen molar-refractivity contribution in [3.63, 3.8) is 0 Å². The van der Waals surface area contributed by atoms with Crippen molar-refractivity contribution in [3.05, 3.63) is 70.2 Å². The van der Waals surface area contributed by atoms with Crippen molar-refractivity contribution >= 4 is 17.6 Å². The summed E-state index contributed by atoms with van der Waals surface area (Å²) in [5.41, 5.74) is 3.39. The van der Waals surface area contributed by atoms with Gasteiger partial charge in [0.25, 0.3) is 5.91 Å². The van der Waals surface area contributed by atoms with E-state index in [0.29, 0.717) is 39.5 Å². The van der Waals surface area contributed by atoms with E-state index in [1.165, 1.54) is 7.11 Å². The van der Waals surface area contributed by atoms with E-state index in [1.54, 1.807) is 50.4 Å². The predicted octanol–water partition coefficient (Wildman–Crippen LogP) is 4.04. The van der Waals surface area contributed by atoms with Gasteiger partial charge in [-0.1, -0.05) is 0 Å². The highest BCUT2D eigenvalue weighted by atomic mass is 16.5. The Bertz CT molecular complexity index is 1170. The molecule has 3 rings (SSSR count). The number of rotatable bonds is 5. The molecular weight excluding hydrogens is 384 g/mol. The van der Waals surface area contributed by atoms with Crippen molar-refractivity contribution in [1.82, 2.24) is 9.97 Å². The minimum Gasteiger partial charge on any atom is -0.465 e. The molecule has 0 radical (unpaired) electrons. The molecule has 1 aromatic carbocycles. The SMILES string of the molecule is COC(=O)c1c(C)[nH]c(C(=O)Nc2ccc(Oc3ncccc3C#N)cc2C)c1C. The van der Waals surface area contributed by atoms with E-state index in [-0.39, 0.29) is 11.8 Å². The van der Waals surface area contributed by atoms with Crippen LogP contribution in [0.15, 0.2) is 36.5 Å². The van der Waals surface area contributed by atoms with Crippen molar-refractivity contribution < 1.29 is 19.1 Å². The number of nitriles is 1. The first-order chi connectivity index (χ1) is 14.3. The maximum Gasteiger partial charge on any atom is 0.339 e. The number of ether oxygens (including phenoxy) is 2. The number of hydrogen-bond donors (Lipinski definition) is 2. The summed E-state index contributed by atoms with van der Waals surface area (Å²) < 4.78 is 10.5. The zero-order chi connectivity index (χ0) is 21.8. The van der Waals surface area contributed by atoms with E-state index < -0.39 is 5.97 Å². The van der Waals surface area contributed by atoms with Gasteiger partial charge in [0, 0.05) is 17.6 Å². The number of esters is 1. The molecular formula is C22H20N4O4. The van der Waals surface area contributed by atoms with Crippen LogP contribution in [0, 0.1) is 32.1 Å². The van der Waals surface area contributed by atoms with Crippen molar-refractivity contribution in [1.29, 1.82) is 5.26 Å². The standard InChI is InChI=1S/C22H20N4O4/c1-12-10-16(30-21-15(11-23)6-5-9-24-21)7-8-17(12)26-20(27)19-13(2)18(14(3)25-19)22(28)29-4/h5-10,25H,1-4H3,(H,26,27). The molecule has 0 aliphatic heterocycles. The second-order valence-corrected chi connectivity index (χ2v) is 6.62. The topological polar surface area (TPSA) is 117 Å².